The zero-order valence-electron chi connectivity index (χ0n) is 18.6. The standard InChI is InChI=1S/C25H27N5O2/c1-26-25(31)20-7-6-17(23(14-20)32-3)5-4-11-27-24-15-21(28-16-29-24)18-8-9-22-19(13-18)10-12-30(22)2/h6-10,12-16H,4-5,11H2,1-3H3,(H,26,31)(H,27,28,29). The predicted octanol–water partition coefficient (Wildman–Crippen LogP) is 4.05. The number of carbonyl (C=O) groups excluding carboxylic acids is 1. The lowest BCUT2D eigenvalue weighted by Gasteiger charge is -2.11. The van der Waals surface area contributed by atoms with Gasteiger partial charge in [0.1, 0.15) is 17.9 Å². The lowest BCUT2D eigenvalue weighted by molar-refractivity contribution is 0.0962. The average Bonchev–Trinajstić information content (AvgIpc) is 3.21. The first kappa shape index (κ1) is 21.4. The summed E-state index contributed by atoms with van der Waals surface area (Å²) >= 11 is 0. The Labute approximate surface area is 187 Å². The third-order valence-corrected chi connectivity index (χ3v) is 5.55. The van der Waals surface area contributed by atoms with Gasteiger partial charge >= 0.3 is 0 Å². The van der Waals surface area contributed by atoms with Crippen LogP contribution in [-0.4, -0.2) is 41.1 Å². The number of nitrogens with zero attached hydrogens (tertiary/aromatic N) is 3. The van der Waals surface area contributed by atoms with Crippen molar-refractivity contribution >= 4 is 22.6 Å². The minimum absolute atomic E-state index is 0.123. The molecule has 4 aromatic rings. The largest absolute Gasteiger partial charge is 0.496 e. The van der Waals surface area contributed by atoms with Gasteiger partial charge in [0.2, 0.25) is 0 Å². The van der Waals surface area contributed by atoms with Crippen LogP contribution in [0.4, 0.5) is 5.82 Å². The predicted molar refractivity (Wildman–Crippen MR) is 127 cm³/mol. The van der Waals surface area contributed by atoms with Gasteiger partial charge in [0.05, 0.1) is 12.8 Å². The Morgan fingerprint density at radius 2 is 1.97 bits per heavy atom. The Balaban J connectivity index is 1.38. The van der Waals surface area contributed by atoms with Crippen molar-refractivity contribution in [1.29, 1.82) is 0 Å². The van der Waals surface area contributed by atoms with Gasteiger partial charge in [-0.1, -0.05) is 12.1 Å². The van der Waals surface area contributed by atoms with Crippen molar-refractivity contribution in [2.75, 3.05) is 26.0 Å². The maximum Gasteiger partial charge on any atom is 0.251 e. The van der Waals surface area contributed by atoms with Gasteiger partial charge in [-0.15, -0.1) is 0 Å². The van der Waals surface area contributed by atoms with Crippen LogP contribution in [0.5, 0.6) is 5.75 Å². The zero-order chi connectivity index (χ0) is 22.5. The van der Waals surface area contributed by atoms with Crippen molar-refractivity contribution in [2.24, 2.45) is 7.05 Å². The van der Waals surface area contributed by atoms with E-state index in [1.807, 2.05) is 25.2 Å². The maximum absolute atomic E-state index is 11.8. The number of hydrogen-bond acceptors (Lipinski definition) is 5. The van der Waals surface area contributed by atoms with Gasteiger partial charge in [-0.2, -0.15) is 0 Å². The topological polar surface area (TPSA) is 81.1 Å². The summed E-state index contributed by atoms with van der Waals surface area (Å²) in [6.45, 7) is 0.758. The number of ether oxygens (including phenoxy) is 1. The van der Waals surface area contributed by atoms with Crippen LogP contribution in [0.1, 0.15) is 22.3 Å². The Kier molecular flexibility index (Phi) is 6.35. The molecule has 2 N–H and O–H groups in total. The minimum atomic E-state index is -0.123. The molecular formula is C25H27N5O2. The fraction of sp³-hybridized carbons (Fsp3) is 0.240. The van der Waals surface area contributed by atoms with Crippen molar-refractivity contribution in [3.63, 3.8) is 0 Å². The average molecular weight is 430 g/mol. The first-order valence-electron chi connectivity index (χ1n) is 10.6. The highest BCUT2D eigenvalue weighted by atomic mass is 16.5. The quantitative estimate of drug-likeness (QED) is 0.413. The molecule has 2 aromatic heterocycles. The Morgan fingerprint density at radius 1 is 1.09 bits per heavy atom. The molecule has 0 bridgehead atoms. The van der Waals surface area contributed by atoms with Gasteiger partial charge < -0.3 is 19.9 Å². The highest BCUT2D eigenvalue weighted by Crippen LogP contribution is 2.25. The van der Waals surface area contributed by atoms with E-state index in [2.05, 4.69) is 55.6 Å². The molecule has 7 heteroatoms. The number of benzene rings is 2. The fourth-order valence-electron chi connectivity index (χ4n) is 3.78. The molecule has 0 aliphatic carbocycles. The molecule has 0 atom stereocenters. The van der Waals surface area contributed by atoms with E-state index in [1.54, 1.807) is 26.6 Å². The van der Waals surface area contributed by atoms with Gasteiger partial charge in [-0.25, -0.2) is 9.97 Å². The van der Waals surface area contributed by atoms with Gasteiger partial charge in [0.25, 0.3) is 5.91 Å². The van der Waals surface area contributed by atoms with E-state index in [1.165, 1.54) is 10.9 Å². The lowest BCUT2D eigenvalue weighted by Crippen LogP contribution is -2.17. The van der Waals surface area contributed by atoms with Crippen LogP contribution in [0, 0.1) is 0 Å². The number of aromatic nitrogens is 3. The van der Waals surface area contributed by atoms with Crippen LogP contribution in [0.3, 0.4) is 0 Å². The lowest BCUT2D eigenvalue weighted by atomic mass is 10.1. The second-order valence-corrected chi connectivity index (χ2v) is 7.62. The van der Waals surface area contributed by atoms with Crippen molar-refractivity contribution in [3.05, 3.63) is 72.2 Å². The molecule has 0 saturated carbocycles. The first-order valence-corrected chi connectivity index (χ1v) is 10.6. The molecule has 1 amide bonds. The van der Waals surface area contributed by atoms with Crippen molar-refractivity contribution < 1.29 is 9.53 Å². The summed E-state index contributed by atoms with van der Waals surface area (Å²) < 4.78 is 7.57. The van der Waals surface area contributed by atoms with Crippen LogP contribution >= 0.6 is 0 Å². The highest BCUT2D eigenvalue weighted by Gasteiger charge is 2.09. The van der Waals surface area contributed by atoms with E-state index in [9.17, 15) is 4.79 Å². The number of rotatable bonds is 8. The van der Waals surface area contributed by atoms with Gasteiger partial charge in [0.15, 0.2) is 0 Å². The number of fused-ring (bicyclic) bond motifs is 1. The van der Waals surface area contributed by atoms with E-state index in [4.69, 9.17) is 4.74 Å². The second kappa shape index (κ2) is 9.51. The van der Waals surface area contributed by atoms with Gasteiger partial charge in [-0.3, -0.25) is 4.79 Å². The second-order valence-electron chi connectivity index (χ2n) is 7.62. The molecule has 32 heavy (non-hydrogen) atoms. The molecule has 0 unspecified atom stereocenters. The molecule has 4 rings (SSSR count). The number of anilines is 1. The monoisotopic (exact) mass is 429 g/mol. The molecule has 2 aromatic carbocycles. The molecule has 0 spiro atoms. The molecule has 0 aliphatic rings. The third kappa shape index (κ3) is 4.56. The summed E-state index contributed by atoms with van der Waals surface area (Å²) in [4.78, 5) is 20.6. The zero-order valence-corrected chi connectivity index (χ0v) is 18.6. The molecule has 164 valence electrons. The summed E-state index contributed by atoms with van der Waals surface area (Å²) in [7, 11) is 5.29. The number of aryl methyl sites for hydroxylation is 2. The first-order chi connectivity index (χ1) is 15.6. The number of methoxy groups -OCH3 is 1. The summed E-state index contributed by atoms with van der Waals surface area (Å²) in [5.41, 5.74) is 4.81. The van der Waals surface area contributed by atoms with E-state index >= 15 is 0 Å². The molecule has 0 radical (unpaired) electrons. The Morgan fingerprint density at radius 3 is 2.78 bits per heavy atom. The fourth-order valence-corrected chi connectivity index (χ4v) is 3.78. The van der Waals surface area contributed by atoms with Crippen LogP contribution in [0.2, 0.25) is 0 Å². The maximum atomic E-state index is 11.8. The number of nitrogens with one attached hydrogen (secondary N) is 2. The van der Waals surface area contributed by atoms with E-state index in [0.717, 1.165) is 47.8 Å². The molecule has 0 fully saturated rings. The highest BCUT2D eigenvalue weighted by molar-refractivity contribution is 5.94. The van der Waals surface area contributed by atoms with Crippen molar-refractivity contribution in [1.82, 2.24) is 19.9 Å². The third-order valence-electron chi connectivity index (χ3n) is 5.55. The molecule has 0 aliphatic heterocycles. The normalized spacial score (nSPS) is 10.8. The SMILES string of the molecule is CNC(=O)c1ccc(CCCNc2cc(-c3ccc4c(ccn4C)c3)ncn2)c(OC)c1. The molecule has 2 heterocycles. The summed E-state index contributed by atoms with van der Waals surface area (Å²) in [5.74, 6) is 1.40. The number of amides is 1. The van der Waals surface area contributed by atoms with Gasteiger partial charge in [0, 0.05) is 54.9 Å². The molecule has 7 nitrogen and oxygen atoms in total. The Bertz CT molecular complexity index is 1250. The summed E-state index contributed by atoms with van der Waals surface area (Å²) in [6, 6.07) is 16.0. The van der Waals surface area contributed by atoms with Crippen LogP contribution in [0.25, 0.3) is 22.2 Å². The molecular weight excluding hydrogens is 402 g/mol. The minimum Gasteiger partial charge on any atom is -0.496 e. The smallest absolute Gasteiger partial charge is 0.251 e. The van der Waals surface area contributed by atoms with Crippen molar-refractivity contribution in [3.8, 4) is 17.0 Å². The van der Waals surface area contributed by atoms with Crippen LogP contribution < -0.4 is 15.4 Å². The molecule has 0 saturated heterocycles. The van der Waals surface area contributed by atoms with Crippen molar-refractivity contribution in [2.45, 2.75) is 12.8 Å². The summed E-state index contributed by atoms with van der Waals surface area (Å²) in [6.07, 6.45) is 5.37. The van der Waals surface area contributed by atoms with Crippen LogP contribution in [-0.2, 0) is 13.5 Å². The Hall–Kier alpha value is -3.87. The van der Waals surface area contributed by atoms with E-state index in [0.29, 0.717) is 5.56 Å². The van der Waals surface area contributed by atoms with E-state index in [-0.39, 0.29) is 5.91 Å². The number of carbonyl (C=O) groups is 1. The summed E-state index contributed by atoms with van der Waals surface area (Å²) in [5, 5.41) is 7.20. The van der Waals surface area contributed by atoms with Crippen LogP contribution in [0.15, 0.2) is 61.1 Å². The van der Waals surface area contributed by atoms with Gasteiger partial charge in [-0.05, 0) is 48.7 Å². The number of hydrogen-bond donors (Lipinski definition) is 2. The van der Waals surface area contributed by atoms with E-state index < -0.39 is 0 Å².